The van der Waals surface area contributed by atoms with Crippen LogP contribution in [0.2, 0.25) is 0 Å². The van der Waals surface area contributed by atoms with Gasteiger partial charge >= 0.3 is 0 Å². The molecule has 0 bridgehead atoms. The molecular formula is C21H25N5O3. The number of rotatable bonds is 8. The highest BCUT2D eigenvalue weighted by Crippen LogP contribution is 2.06. The Labute approximate surface area is 169 Å². The van der Waals surface area contributed by atoms with Crippen LogP contribution in [0, 0.1) is 11.8 Å². The van der Waals surface area contributed by atoms with Gasteiger partial charge in [0.25, 0.3) is 11.8 Å². The molecular weight excluding hydrogens is 370 g/mol. The lowest BCUT2D eigenvalue weighted by Crippen LogP contribution is -2.50. The summed E-state index contributed by atoms with van der Waals surface area (Å²) in [5, 5.41) is 14.3. The molecule has 0 aliphatic carbocycles. The third-order valence-electron chi connectivity index (χ3n) is 4.04. The number of hydrogen-bond donors (Lipinski definition) is 6. The number of hydrogen-bond acceptors (Lipinski definition) is 6. The predicted molar refractivity (Wildman–Crippen MR) is 110 cm³/mol. The second-order valence-corrected chi connectivity index (χ2v) is 6.23. The van der Waals surface area contributed by atoms with E-state index in [1.165, 1.54) is 5.48 Å². The maximum Gasteiger partial charge on any atom is 0.267 e. The van der Waals surface area contributed by atoms with Crippen molar-refractivity contribution >= 4 is 11.8 Å². The van der Waals surface area contributed by atoms with Gasteiger partial charge in [-0.1, -0.05) is 24.0 Å². The van der Waals surface area contributed by atoms with Crippen molar-refractivity contribution in [1.82, 2.24) is 16.1 Å². The van der Waals surface area contributed by atoms with Crippen LogP contribution in [-0.2, 0) is 11.3 Å². The molecule has 0 aliphatic heterocycles. The molecule has 8 heteroatoms. The van der Waals surface area contributed by atoms with Crippen molar-refractivity contribution in [3.63, 3.8) is 0 Å². The van der Waals surface area contributed by atoms with Crippen molar-refractivity contribution in [3.05, 3.63) is 70.8 Å². The van der Waals surface area contributed by atoms with Gasteiger partial charge in [0.1, 0.15) is 6.04 Å². The fraction of sp³-hybridized carbons (Fsp3) is 0.238. The van der Waals surface area contributed by atoms with Gasteiger partial charge in [0.2, 0.25) is 0 Å². The van der Waals surface area contributed by atoms with E-state index in [4.69, 9.17) is 16.7 Å². The summed E-state index contributed by atoms with van der Waals surface area (Å²) in [5.41, 5.74) is 15.5. The van der Waals surface area contributed by atoms with Crippen molar-refractivity contribution in [1.29, 1.82) is 0 Å². The molecule has 152 valence electrons. The molecule has 0 aliphatic rings. The largest absolute Gasteiger partial charge is 0.339 e. The standard InChI is InChI=1S/C21H25N5O3/c22-10-11-24-14-17-3-1-2-16(12-17)5-4-15-6-8-18(9-7-15)20(27)25-19(13-23)21(28)26-29/h1-3,6-9,12,19,24,29H,10-11,13-14,22-23H2,(H,25,27)(H,26,28)/t19-/m0/s1. The summed E-state index contributed by atoms with van der Waals surface area (Å²) in [4.78, 5) is 23.6. The maximum atomic E-state index is 12.2. The third-order valence-corrected chi connectivity index (χ3v) is 4.04. The zero-order chi connectivity index (χ0) is 21.1. The van der Waals surface area contributed by atoms with E-state index in [9.17, 15) is 9.59 Å². The lowest BCUT2D eigenvalue weighted by molar-refractivity contribution is -0.130. The summed E-state index contributed by atoms with van der Waals surface area (Å²) in [6, 6.07) is 13.6. The van der Waals surface area contributed by atoms with E-state index in [1.807, 2.05) is 24.3 Å². The normalized spacial score (nSPS) is 11.1. The van der Waals surface area contributed by atoms with E-state index in [-0.39, 0.29) is 6.54 Å². The van der Waals surface area contributed by atoms with Crippen molar-refractivity contribution < 1.29 is 14.8 Å². The Bertz CT molecular complexity index is 887. The lowest BCUT2D eigenvalue weighted by atomic mass is 10.1. The minimum absolute atomic E-state index is 0.136. The van der Waals surface area contributed by atoms with E-state index >= 15 is 0 Å². The van der Waals surface area contributed by atoms with Crippen LogP contribution in [0.5, 0.6) is 0 Å². The second-order valence-electron chi connectivity index (χ2n) is 6.23. The number of benzene rings is 2. The first-order valence-corrected chi connectivity index (χ1v) is 9.14. The van der Waals surface area contributed by atoms with E-state index in [0.717, 1.165) is 29.8 Å². The zero-order valence-corrected chi connectivity index (χ0v) is 15.9. The van der Waals surface area contributed by atoms with Crippen LogP contribution in [0.3, 0.4) is 0 Å². The van der Waals surface area contributed by atoms with Gasteiger partial charge in [0.15, 0.2) is 0 Å². The summed E-state index contributed by atoms with van der Waals surface area (Å²) in [7, 11) is 0. The Morgan fingerprint density at radius 2 is 1.76 bits per heavy atom. The fourth-order valence-electron chi connectivity index (χ4n) is 2.49. The lowest BCUT2D eigenvalue weighted by Gasteiger charge is -2.14. The molecule has 2 aromatic carbocycles. The van der Waals surface area contributed by atoms with Gasteiger partial charge in [-0.3, -0.25) is 14.8 Å². The Hall–Kier alpha value is -3.22. The minimum Gasteiger partial charge on any atom is -0.339 e. The van der Waals surface area contributed by atoms with E-state index in [1.54, 1.807) is 24.3 Å². The topological polar surface area (TPSA) is 142 Å². The Kier molecular flexibility index (Phi) is 8.82. The molecule has 0 unspecified atom stereocenters. The van der Waals surface area contributed by atoms with E-state index in [0.29, 0.717) is 12.1 Å². The van der Waals surface area contributed by atoms with Crippen LogP contribution in [0.4, 0.5) is 0 Å². The van der Waals surface area contributed by atoms with Crippen LogP contribution in [0.25, 0.3) is 0 Å². The van der Waals surface area contributed by atoms with Gasteiger partial charge < -0.3 is 22.1 Å². The van der Waals surface area contributed by atoms with Gasteiger partial charge in [-0.25, -0.2) is 5.48 Å². The predicted octanol–water partition coefficient (Wildman–Crippen LogP) is -0.303. The summed E-state index contributed by atoms with van der Waals surface area (Å²) in [6.07, 6.45) is 0. The van der Waals surface area contributed by atoms with E-state index in [2.05, 4.69) is 22.5 Å². The molecule has 0 aromatic heterocycles. The second kappa shape index (κ2) is 11.6. The third kappa shape index (κ3) is 7.03. The van der Waals surface area contributed by atoms with Crippen molar-refractivity contribution in [2.75, 3.05) is 19.6 Å². The molecule has 8 N–H and O–H groups in total. The van der Waals surface area contributed by atoms with Crippen molar-refractivity contribution in [2.24, 2.45) is 11.5 Å². The molecule has 0 heterocycles. The number of carbonyl (C=O) groups is 2. The number of nitrogens with two attached hydrogens (primary N) is 2. The van der Waals surface area contributed by atoms with Crippen LogP contribution >= 0.6 is 0 Å². The van der Waals surface area contributed by atoms with Crippen molar-refractivity contribution in [3.8, 4) is 11.8 Å². The highest BCUT2D eigenvalue weighted by molar-refractivity contribution is 5.97. The zero-order valence-electron chi connectivity index (χ0n) is 15.9. The van der Waals surface area contributed by atoms with Gasteiger partial charge in [0.05, 0.1) is 0 Å². The number of nitrogens with one attached hydrogen (secondary N) is 3. The summed E-state index contributed by atoms with van der Waals surface area (Å²) in [6.45, 7) is 1.94. The molecule has 0 saturated carbocycles. The van der Waals surface area contributed by atoms with Crippen LogP contribution < -0.4 is 27.6 Å². The smallest absolute Gasteiger partial charge is 0.267 e. The number of amides is 2. The average Bonchev–Trinajstić information content (AvgIpc) is 2.76. The quantitative estimate of drug-likeness (QED) is 0.157. The SMILES string of the molecule is NCCNCc1cccc(C#Cc2ccc(C(=O)N[C@@H](CN)C(=O)NO)cc2)c1. The fourth-order valence-corrected chi connectivity index (χ4v) is 2.49. The van der Waals surface area contributed by atoms with Crippen LogP contribution in [-0.4, -0.2) is 42.7 Å². The highest BCUT2D eigenvalue weighted by Gasteiger charge is 2.19. The monoisotopic (exact) mass is 395 g/mol. The van der Waals surface area contributed by atoms with Gasteiger partial charge in [-0.05, 0) is 42.0 Å². The van der Waals surface area contributed by atoms with Gasteiger partial charge in [-0.15, -0.1) is 0 Å². The molecule has 0 radical (unpaired) electrons. The van der Waals surface area contributed by atoms with Gasteiger partial charge in [-0.2, -0.15) is 0 Å². The molecule has 2 aromatic rings. The van der Waals surface area contributed by atoms with Gasteiger partial charge in [0, 0.05) is 42.9 Å². The Morgan fingerprint density at radius 3 is 2.41 bits per heavy atom. The molecule has 8 nitrogen and oxygen atoms in total. The van der Waals surface area contributed by atoms with Crippen LogP contribution in [0.1, 0.15) is 27.0 Å². The summed E-state index contributed by atoms with van der Waals surface area (Å²) in [5.74, 6) is 4.92. The molecule has 0 saturated heterocycles. The first-order chi connectivity index (χ1) is 14.1. The van der Waals surface area contributed by atoms with Crippen molar-refractivity contribution in [2.45, 2.75) is 12.6 Å². The number of hydroxylamine groups is 1. The Balaban J connectivity index is 2.02. The highest BCUT2D eigenvalue weighted by atomic mass is 16.5. The molecule has 0 fully saturated rings. The molecule has 2 amide bonds. The van der Waals surface area contributed by atoms with Crippen LogP contribution in [0.15, 0.2) is 48.5 Å². The van der Waals surface area contributed by atoms with E-state index < -0.39 is 17.9 Å². The molecule has 1 atom stereocenters. The average molecular weight is 395 g/mol. The number of carbonyl (C=O) groups excluding carboxylic acids is 2. The summed E-state index contributed by atoms with van der Waals surface area (Å²) < 4.78 is 0. The molecule has 0 spiro atoms. The maximum absolute atomic E-state index is 12.2. The molecule has 2 rings (SSSR count). The molecule has 29 heavy (non-hydrogen) atoms. The first-order valence-electron chi connectivity index (χ1n) is 9.14. The summed E-state index contributed by atoms with van der Waals surface area (Å²) >= 11 is 0. The first kappa shape index (κ1) is 22.1. The Morgan fingerprint density at radius 1 is 1.03 bits per heavy atom. The minimum atomic E-state index is -1.02.